The maximum atomic E-state index is 12.9. The van der Waals surface area contributed by atoms with Crippen LogP contribution in [0.1, 0.15) is 136 Å². The van der Waals surface area contributed by atoms with Crippen molar-refractivity contribution in [3.63, 3.8) is 0 Å². The predicted octanol–water partition coefficient (Wildman–Crippen LogP) is 8.10. The van der Waals surface area contributed by atoms with Gasteiger partial charge in [0.25, 0.3) is 0 Å². The molecule has 0 spiro atoms. The van der Waals surface area contributed by atoms with Gasteiger partial charge in [0.2, 0.25) is 0 Å². The number of carboxylic acid groups (broad SMARTS) is 1. The van der Waals surface area contributed by atoms with Gasteiger partial charge in [-0.2, -0.15) is 0 Å². The molecule has 14 heteroatoms. The Morgan fingerprint density at radius 2 is 1.40 bits per heavy atom. The number of thioether (sulfide) groups is 1. The molecule has 0 fully saturated rings. The molecule has 12 nitrogen and oxygen atoms in total. The van der Waals surface area contributed by atoms with E-state index in [1.807, 2.05) is 18.2 Å². The molecule has 0 aromatic heterocycles. The highest BCUT2D eigenvalue weighted by molar-refractivity contribution is 8.00. The van der Waals surface area contributed by atoms with Crippen molar-refractivity contribution < 1.29 is 52.9 Å². The van der Waals surface area contributed by atoms with Crippen molar-refractivity contribution in [2.24, 2.45) is 5.73 Å². The molecule has 0 radical (unpaired) electrons. The van der Waals surface area contributed by atoms with Crippen molar-refractivity contribution in [1.29, 1.82) is 0 Å². The SMILES string of the molecule is CCCCC/C=C\C\C=C/C=C/C=C/[C@@H](SC[C@H](N)C(=O)O[C@H](COC(=O)CCCCCCCCCCCC)COP(=O)(O)O)[C@@H](O)CCCC(=O)O. The fourth-order valence-corrected chi connectivity index (χ4v) is 6.52. The van der Waals surface area contributed by atoms with Gasteiger partial charge in [0, 0.05) is 23.8 Å². The third kappa shape index (κ3) is 34.0. The molecule has 6 N–H and O–H groups in total. The lowest BCUT2D eigenvalue weighted by molar-refractivity contribution is -0.161. The van der Waals surface area contributed by atoms with Crippen LogP contribution < -0.4 is 5.73 Å². The first-order valence-electron chi connectivity index (χ1n) is 19.4. The van der Waals surface area contributed by atoms with Gasteiger partial charge < -0.3 is 35.2 Å². The zero-order chi connectivity index (χ0) is 39.6. The Labute approximate surface area is 322 Å². The molecule has 0 saturated carbocycles. The van der Waals surface area contributed by atoms with Gasteiger partial charge in [-0.05, 0) is 38.5 Å². The lowest BCUT2D eigenvalue weighted by Crippen LogP contribution is -2.40. The fourth-order valence-electron chi connectivity index (χ4n) is 5.03. The number of rotatable bonds is 35. The van der Waals surface area contributed by atoms with Gasteiger partial charge in [0.1, 0.15) is 12.6 Å². The van der Waals surface area contributed by atoms with E-state index in [-0.39, 0.29) is 31.4 Å². The summed E-state index contributed by atoms with van der Waals surface area (Å²) in [5.41, 5.74) is 6.10. The molecule has 0 aliphatic carbocycles. The maximum Gasteiger partial charge on any atom is 0.469 e. The van der Waals surface area contributed by atoms with E-state index in [0.29, 0.717) is 6.42 Å². The molecule has 0 heterocycles. The second-order valence-electron chi connectivity index (χ2n) is 13.1. The number of carbonyl (C=O) groups is 3. The summed E-state index contributed by atoms with van der Waals surface area (Å²) in [4.78, 5) is 54.5. The van der Waals surface area contributed by atoms with E-state index in [9.17, 15) is 24.1 Å². The molecule has 0 saturated heterocycles. The van der Waals surface area contributed by atoms with Crippen LogP contribution in [0.15, 0.2) is 48.6 Å². The number of esters is 2. The van der Waals surface area contributed by atoms with Gasteiger partial charge in [0.05, 0.1) is 12.7 Å². The summed E-state index contributed by atoms with van der Waals surface area (Å²) < 4.78 is 26.4. The van der Waals surface area contributed by atoms with E-state index < -0.39 is 62.4 Å². The van der Waals surface area contributed by atoms with Crippen molar-refractivity contribution in [1.82, 2.24) is 0 Å². The highest BCUT2D eigenvalue weighted by Gasteiger charge is 2.27. The standard InChI is InChI=1S/C39H68NO11PS/c1-3-5-7-9-11-13-15-16-17-19-21-23-27-36(35(41)26-25-28-37(42)43)53-32-34(40)39(45)51-33(31-50-52(46,47)48)30-49-38(44)29-24-22-20-18-14-12-10-8-6-4-2/h11,13,16-17,19,21,23,27,33-36,41H,3-10,12,14-15,18,20,22,24-26,28-32,40H2,1-2H3,(H,42,43)(H2,46,47,48)/b13-11-,17-16-,21-19+,27-23+/t33-,34+,35+,36-/m1/s1. The second-order valence-corrected chi connectivity index (χ2v) is 15.6. The molecule has 4 atom stereocenters. The smallest absolute Gasteiger partial charge is 0.469 e. The quantitative estimate of drug-likeness (QED) is 0.0136. The van der Waals surface area contributed by atoms with Crippen LogP contribution in [0, 0.1) is 0 Å². The molecular formula is C39H68NO11PS. The lowest BCUT2D eigenvalue weighted by Gasteiger charge is -2.23. The summed E-state index contributed by atoms with van der Waals surface area (Å²) in [6.07, 6.45) is 30.4. The molecule has 0 bridgehead atoms. The van der Waals surface area contributed by atoms with E-state index in [4.69, 9.17) is 30.1 Å². The Balaban J connectivity index is 5.03. The minimum atomic E-state index is -4.91. The van der Waals surface area contributed by atoms with Crippen LogP contribution in [-0.4, -0.2) is 80.4 Å². The first-order valence-corrected chi connectivity index (χ1v) is 22.0. The van der Waals surface area contributed by atoms with Gasteiger partial charge in [0.15, 0.2) is 6.10 Å². The number of hydrogen-bond acceptors (Lipinski definition) is 10. The predicted molar refractivity (Wildman–Crippen MR) is 212 cm³/mol. The van der Waals surface area contributed by atoms with Crippen LogP contribution >= 0.6 is 19.6 Å². The molecule has 0 aromatic rings. The third-order valence-electron chi connectivity index (χ3n) is 8.10. The first kappa shape index (κ1) is 50.8. The molecule has 0 aromatic carbocycles. The number of ether oxygens (including phenoxy) is 2. The van der Waals surface area contributed by atoms with Crippen LogP contribution in [0.3, 0.4) is 0 Å². The zero-order valence-electron chi connectivity index (χ0n) is 32.1. The normalized spacial score (nSPS) is 14.7. The number of phosphoric ester groups is 1. The topological polar surface area (TPSA) is 203 Å². The number of allylic oxidation sites excluding steroid dienone is 7. The summed E-state index contributed by atoms with van der Waals surface area (Å²) in [6.45, 7) is 3.19. The molecule has 0 aliphatic rings. The summed E-state index contributed by atoms with van der Waals surface area (Å²) in [5.74, 6) is -2.39. The van der Waals surface area contributed by atoms with E-state index in [0.717, 1.165) is 32.1 Å². The van der Waals surface area contributed by atoms with Crippen molar-refractivity contribution in [2.45, 2.75) is 159 Å². The van der Waals surface area contributed by atoms with Crippen molar-refractivity contribution in [3.8, 4) is 0 Å². The number of carboxylic acids is 1. The number of aliphatic carboxylic acids is 1. The molecule has 306 valence electrons. The molecule has 0 rings (SSSR count). The average molecular weight is 790 g/mol. The minimum Gasteiger partial charge on any atom is -0.481 e. The van der Waals surface area contributed by atoms with E-state index >= 15 is 0 Å². The lowest BCUT2D eigenvalue weighted by atomic mass is 10.1. The number of aliphatic hydroxyl groups is 1. The minimum absolute atomic E-state index is 0.00262. The maximum absolute atomic E-state index is 12.9. The van der Waals surface area contributed by atoms with Crippen molar-refractivity contribution >= 4 is 37.5 Å². The van der Waals surface area contributed by atoms with E-state index in [2.05, 4.69) is 30.5 Å². The number of aliphatic hydroxyl groups excluding tert-OH is 1. The molecule has 0 aliphatic heterocycles. The molecule has 0 unspecified atom stereocenters. The summed E-state index contributed by atoms with van der Waals surface area (Å²) in [7, 11) is -4.91. The van der Waals surface area contributed by atoms with Gasteiger partial charge in [-0.15, -0.1) is 11.8 Å². The molecule has 0 amide bonds. The number of unbranched alkanes of at least 4 members (excludes halogenated alkanes) is 12. The Morgan fingerprint density at radius 3 is 2.04 bits per heavy atom. The van der Waals surface area contributed by atoms with Gasteiger partial charge in [-0.3, -0.25) is 18.9 Å². The highest BCUT2D eigenvalue weighted by atomic mass is 32.2. The van der Waals surface area contributed by atoms with Crippen molar-refractivity contribution in [2.75, 3.05) is 19.0 Å². The Kier molecular flexibility index (Phi) is 32.8. The number of hydrogen-bond donors (Lipinski definition) is 5. The zero-order valence-corrected chi connectivity index (χ0v) is 33.8. The monoisotopic (exact) mass is 789 g/mol. The van der Waals surface area contributed by atoms with Crippen molar-refractivity contribution in [3.05, 3.63) is 48.6 Å². The first-order chi connectivity index (χ1) is 25.4. The highest BCUT2D eigenvalue weighted by Crippen LogP contribution is 2.36. The Hall–Kier alpha value is -2.25. The number of nitrogens with two attached hydrogens (primary N) is 1. The Morgan fingerprint density at radius 1 is 0.774 bits per heavy atom. The van der Waals surface area contributed by atoms with Gasteiger partial charge >= 0.3 is 25.7 Å². The van der Waals surface area contributed by atoms with E-state index in [1.165, 1.54) is 69.5 Å². The van der Waals surface area contributed by atoms with Crippen LogP contribution in [-0.2, 0) is 32.9 Å². The summed E-state index contributed by atoms with van der Waals surface area (Å²) in [5, 5.41) is 19.3. The van der Waals surface area contributed by atoms with Gasteiger partial charge in [-0.1, -0.05) is 133 Å². The fraction of sp³-hybridized carbons (Fsp3) is 0.718. The summed E-state index contributed by atoms with van der Waals surface area (Å²) in [6, 6.07) is -1.20. The van der Waals surface area contributed by atoms with Crippen LogP contribution in [0.25, 0.3) is 0 Å². The van der Waals surface area contributed by atoms with Crippen LogP contribution in [0.5, 0.6) is 0 Å². The summed E-state index contributed by atoms with van der Waals surface area (Å²) >= 11 is 1.18. The van der Waals surface area contributed by atoms with Gasteiger partial charge in [-0.25, -0.2) is 4.57 Å². The Bertz CT molecular complexity index is 1120. The van der Waals surface area contributed by atoms with E-state index in [1.54, 1.807) is 18.2 Å². The molecule has 53 heavy (non-hydrogen) atoms. The second kappa shape index (κ2) is 34.3. The largest absolute Gasteiger partial charge is 0.481 e. The third-order valence-corrected chi connectivity index (χ3v) is 9.99. The number of phosphoric acid groups is 1. The van der Waals surface area contributed by atoms with Crippen LogP contribution in [0.4, 0.5) is 0 Å². The number of carbonyl (C=O) groups excluding carboxylic acids is 2. The average Bonchev–Trinajstić information content (AvgIpc) is 3.11. The molecular weight excluding hydrogens is 721 g/mol. The van der Waals surface area contributed by atoms with Crippen LogP contribution in [0.2, 0.25) is 0 Å².